The van der Waals surface area contributed by atoms with Crippen LogP contribution in [0.2, 0.25) is 0 Å². The zero-order valence-corrected chi connectivity index (χ0v) is 16.6. The van der Waals surface area contributed by atoms with E-state index in [0.29, 0.717) is 28.7 Å². The van der Waals surface area contributed by atoms with Gasteiger partial charge in [-0.2, -0.15) is 5.26 Å². The van der Waals surface area contributed by atoms with E-state index in [9.17, 15) is 5.26 Å². The molecule has 0 radical (unpaired) electrons. The first-order chi connectivity index (χ1) is 14.3. The van der Waals surface area contributed by atoms with Crippen molar-refractivity contribution in [3.8, 4) is 17.6 Å². The van der Waals surface area contributed by atoms with Crippen LogP contribution in [0.25, 0.3) is 21.9 Å². The number of aromatic nitrogens is 1. The predicted octanol–water partition coefficient (Wildman–Crippen LogP) is 5.95. The molecule has 29 heavy (non-hydrogen) atoms. The minimum Gasteiger partial charge on any atom is -0.493 e. The highest BCUT2D eigenvalue weighted by Gasteiger charge is 2.10. The highest BCUT2D eigenvalue weighted by atomic mass is 32.1. The molecular formula is C24H18N2O2S. The van der Waals surface area contributed by atoms with Gasteiger partial charge in [-0.05, 0) is 41.5 Å². The van der Waals surface area contributed by atoms with Crippen molar-refractivity contribution in [1.29, 1.82) is 5.26 Å². The lowest BCUT2D eigenvalue weighted by Crippen LogP contribution is -1.97. The van der Waals surface area contributed by atoms with E-state index in [1.165, 1.54) is 11.3 Å². The van der Waals surface area contributed by atoms with Gasteiger partial charge in [-0.1, -0.05) is 48.5 Å². The molecule has 142 valence electrons. The molecule has 0 aliphatic rings. The smallest absolute Gasteiger partial charge is 0.161 e. The van der Waals surface area contributed by atoms with Crippen molar-refractivity contribution >= 4 is 33.2 Å². The largest absolute Gasteiger partial charge is 0.493 e. The van der Waals surface area contributed by atoms with E-state index in [-0.39, 0.29) is 0 Å². The molecule has 0 aliphatic heterocycles. The molecule has 4 aromatic rings. The third-order valence-corrected chi connectivity index (χ3v) is 5.45. The quantitative estimate of drug-likeness (QED) is 0.377. The second-order valence-electron chi connectivity index (χ2n) is 6.34. The van der Waals surface area contributed by atoms with Crippen LogP contribution < -0.4 is 9.47 Å². The van der Waals surface area contributed by atoms with Gasteiger partial charge in [0.25, 0.3) is 0 Å². The molecular weight excluding hydrogens is 380 g/mol. The van der Waals surface area contributed by atoms with Gasteiger partial charge in [-0.25, -0.2) is 4.98 Å². The summed E-state index contributed by atoms with van der Waals surface area (Å²) >= 11 is 1.51. The van der Waals surface area contributed by atoms with Gasteiger partial charge in [-0.15, -0.1) is 11.3 Å². The molecule has 1 aromatic heterocycles. The number of methoxy groups -OCH3 is 1. The molecule has 0 fully saturated rings. The van der Waals surface area contributed by atoms with E-state index >= 15 is 0 Å². The summed E-state index contributed by atoms with van der Waals surface area (Å²) in [4.78, 5) is 4.57. The molecule has 0 atom stereocenters. The number of para-hydroxylation sites is 1. The fourth-order valence-corrected chi connectivity index (χ4v) is 3.86. The molecule has 0 saturated heterocycles. The maximum atomic E-state index is 9.65. The van der Waals surface area contributed by atoms with Crippen LogP contribution in [0.3, 0.4) is 0 Å². The minimum atomic E-state index is 0.460. The van der Waals surface area contributed by atoms with Crippen molar-refractivity contribution in [1.82, 2.24) is 4.98 Å². The third-order valence-electron chi connectivity index (χ3n) is 4.38. The molecule has 5 heteroatoms. The number of rotatable bonds is 6. The highest BCUT2D eigenvalue weighted by Crippen LogP contribution is 2.32. The molecule has 0 amide bonds. The third kappa shape index (κ3) is 4.29. The number of thiazole rings is 1. The number of benzene rings is 3. The first-order valence-electron chi connectivity index (χ1n) is 9.09. The second kappa shape index (κ2) is 8.59. The Morgan fingerprint density at radius 3 is 2.59 bits per heavy atom. The number of ether oxygens (including phenoxy) is 2. The zero-order valence-electron chi connectivity index (χ0n) is 15.8. The molecule has 4 nitrogen and oxygen atoms in total. The van der Waals surface area contributed by atoms with Gasteiger partial charge in [0.1, 0.15) is 17.7 Å². The maximum absolute atomic E-state index is 9.65. The van der Waals surface area contributed by atoms with Gasteiger partial charge in [0.2, 0.25) is 0 Å². The summed E-state index contributed by atoms with van der Waals surface area (Å²) in [6.07, 6.45) is 1.82. The van der Waals surface area contributed by atoms with Crippen molar-refractivity contribution in [2.24, 2.45) is 0 Å². The van der Waals surface area contributed by atoms with Crippen LogP contribution in [0.1, 0.15) is 16.1 Å². The maximum Gasteiger partial charge on any atom is 0.161 e. The number of hydrogen-bond donors (Lipinski definition) is 0. The Hall–Kier alpha value is -3.62. The Labute approximate surface area is 173 Å². The Morgan fingerprint density at radius 1 is 1.03 bits per heavy atom. The second-order valence-corrected chi connectivity index (χ2v) is 7.37. The van der Waals surface area contributed by atoms with Crippen molar-refractivity contribution in [3.63, 3.8) is 0 Å². The summed E-state index contributed by atoms with van der Waals surface area (Å²) in [5.41, 5.74) is 3.35. The van der Waals surface area contributed by atoms with E-state index < -0.39 is 0 Å². The minimum absolute atomic E-state index is 0.460. The number of nitrogens with zero attached hydrogens (tertiary/aromatic N) is 2. The van der Waals surface area contributed by atoms with E-state index in [2.05, 4.69) is 11.1 Å². The van der Waals surface area contributed by atoms with Gasteiger partial charge in [0.05, 0.1) is 22.9 Å². The Morgan fingerprint density at radius 2 is 1.83 bits per heavy atom. The van der Waals surface area contributed by atoms with E-state index in [0.717, 1.165) is 21.3 Å². The first-order valence-corrected chi connectivity index (χ1v) is 9.91. The molecule has 0 saturated carbocycles. The highest BCUT2D eigenvalue weighted by molar-refractivity contribution is 7.19. The van der Waals surface area contributed by atoms with Crippen LogP contribution in [0.5, 0.6) is 11.5 Å². The van der Waals surface area contributed by atoms with E-state index in [1.54, 1.807) is 7.11 Å². The summed E-state index contributed by atoms with van der Waals surface area (Å²) in [6, 6.07) is 25.7. The van der Waals surface area contributed by atoms with Crippen molar-refractivity contribution in [2.45, 2.75) is 6.61 Å². The summed E-state index contributed by atoms with van der Waals surface area (Å²) in [5, 5.41) is 10.4. The fourth-order valence-electron chi connectivity index (χ4n) is 2.92. The summed E-state index contributed by atoms with van der Waals surface area (Å²) in [6.45, 7) is 0.460. The zero-order chi connectivity index (χ0) is 20.1. The average molecular weight is 398 g/mol. The van der Waals surface area contributed by atoms with Crippen molar-refractivity contribution in [2.75, 3.05) is 7.11 Å². The van der Waals surface area contributed by atoms with Crippen LogP contribution in [-0.4, -0.2) is 12.1 Å². The average Bonchev–Trinajstić information content (AvgIpc) is 3.21. The lowest BCUT2D eigenvalue weighted by molar-refractivity contribution is 0.284. The van der Waals surface area contributed by atoms with Gasteiger partial charge in [0, 0.05) is 0 Å². The summed E-state index contributed by atoms with van der Waals surface area (Å²) in [5.74, 6) is 1.28. The molecule has 0 unspecified atom stereocenters. The Bertz CT molecular complexity index is 1170. The van der Waals surface area contributed by atoms with Crippen LogP contribution in [0.4, 0.5) is 0 Å². The predicted molar refractivity (Wildman–Crippen MR) is 117 cm³/mol. The van der Waals surface area contributed by atoms with Crippen molar-refractivity contribution < 1.29 is 9.47 Å². The molecule has 0 bridgehead atoms. The summed E-state index contributed by atoms with van der Waals surface area (Å²) < 4.78 is 12.5. The summed E-state index contributed by atoms with van der Waals surface area (Å²) in [7, 11) is 1.61. The lowest BCUT2D eigenvalue weighted by Gasteiger charge is -2.11. The molecule has 0 N–H and O–H groups in total. The van der Waals surface area contributed by atoms with Gasteiger partial charge in [-0.3, -0.25) is 0 Å². The van der Waals surface area contributed by atoms with Gasteiger partial charge >= 0.3 is 0 Å². The van der Waals surface area contributed by atoms with E-state index in [4.69, 9.17) is 9.47 Å². The Balaban J connectivity index is 1.59. The normalized spacial score (nSPS) is 11.2. The molecule has 0 aliphatic carbocycles. The van der Waals surface area contributed by atoms with Crippen LogP contribution in [-0.2, 0) is 6.61 Å². The fraction of sp³-hybridized carbons (Fsp3) is 0.0833. The van der Waals surface area contributed by atoms with Crippen LogP contribution >= 0.6 is 11.3 Å². The molecule has 0 spiro atoms. The molecule has 1 heterocycles. The van der Waals surface area contributed by atoms with E-state index in [1.807, 2.05) is 78.9 Å². The number of fused-ring (bicyclic) bond motifs is 1. The number of nitriles is 1. The van der Waals surface area contributed by atoms with Gasteiger partial charge < -0.3 is 9.47 Å². The SMILES string of the molecule is COc1cc(/C=C(/C#N)c2nc3ccccc3s2)ccc1OCc1ccccc1. The molecule has 4 rings (SSSR count). The lowest BCUT2D eigenvalue weighted by atomic mass is 10.1. The first kappa shape index (κ1) is 18.7. The molecule has 3 aromatic carbocycles. The topological polar surface area (TPSA) is 55.1 Å². The standard InChI is InChI=1S/C24H18N2O2S/c1-27-22-14-18(11-12-21(22)28-16-17-7-3-2-4-8-17)13-19(15-25)24-26-20-9-5-6-10-23(20)29-24/h2-14H,16H2,1H3/b19-13-. The number of hydrogen-bond acceptors (Lipinski definition) is 5. The van der Waals surface area contributed by atoms with Crippen LogP contribution in [0.15, 0.2) is 72.8 Å². The van der Waals surface area contributed by atoms with Crippen LogP contribution in [0, 0.1) is 11.3 Å². The monoisotopic (exact) mass is 398 g/mol. The number of allylic oxidation sites excluding steroid dienone is 1. The Kier molecular flexibility index (Phi) is 5.55. The van der Waals surface area contributed by atoms with Gasteiger partial charge in [0.15, 0.2) is 11.5 Å². The van der Waals surface area contributed by atoms with Crippen molar-refractivity contribution in [3.05, 3.63) is 88.9 Å².